The Kier molecular flexibility index (Phi) is 29.2. The predicted octanol–water partition coefficient (Wildman–Crippen LogP) is 8.07. The minimum Gasteiger partial charge on any atom is -0.462 e. The maximum atomic E-state index is 12.3. The topological polar surface area (TPSA) is 148 Å². The monoisotopic (exact) mass is 649 g/mol. The summed E-state index contributed by atoms with van der Waals surface area (Å²) in [4.78, 5) is 53.3. The molecule has 10 nitrogen and oxygen atoms in total. The summed E-state index contributed by atoms with van der Waals surface area (Å²) < 4.78 is 26.2. The van der Waals surface area contributed by atoms with Crippen molar-refractivity contribution in [3.63, 3.8) is 0 Å². The van der Waals surface area contributed by atoms with Gasteiger partial charge in [0.2, 0.25) is 5.91 Å². The first-order valence-corrected chi connectivity index (χ1v) is 19.0. The number of nitrogens with one attached hydrogen (secondary N) is 1. The Labute approximate surface area is 267 Å². The highest BCUT2D eigenvalue weighted by Crippen LogP contribution is 2.36. The van der Waals surface area contributed by atoms with Crippen molar-refractivity contribution in [3.8, 4) is 0 Å². The molecular weight excluding hydrogens is 585 g/mol. The normalized spacial score (nSPS) is 12.2. The second kappa shape index (κ2) is 30.2. The molecule has 0 saturated carbocycles. The average molecular weight is 650 g/mol. The van der Waals surface area contributed by atoms with Crippen molar-refractivity contribution in [2.45, 2.75) is 174 Å². The van der Waals surface area contributed by atoms with Crippen molar-refractivity contribution in [1.82, 2.24) is 5.32 Å². The van der Waals surface area contributed by atoms with E-state index in [9.17, 15) is 18.9 Å². The first-order valence-electron chi connectivity index (χ1n) is 17.4. The molecule has 0 aliphatic heterocycles. The number of phosphoric ester groups is 1. The van der Waals surface area contributed by atoms with Crippen LogP contribution in [-0.4, -0.2) is 53.5 Å². The van der Waals surface area contributed by atoms with Crippen molar-refractivity contribution >= 4 is 25.7 Å². The molecule has 0 aromatic heterocycles. The quantitative estimate of drug-likeness (QED) is 0.0374. The largest absolute Gasteiger partial charge is 0.469 e. The smallest absolute Gasteiger partial charge is 0.462 e. The summed E-state index contributed by atoms with van der Waals surface area (Å²) in [6.45, 7) is 3.70. The Morgan fingerprint density at radius 2 is 1.02 bits per heavy atom. The van der Waals surface area contributed by atoms with E-state index >= 15 is 0 Å². The fraction of sp³-hybridized carbons (Fsp3) is 0.909. The number of amides is 1. The average Bonchev–Trinajstić information content (AvgIpc) is 2.96. The first-order chi connectivity index (χ1) is 21.1. The zero-order chi connectivity index (χ0) is 32.7. The number of ether oxygens (including phenoxy) is 2. The van der Waals surface area contributed by atoms with Gasteiger partial charge in [0.25, 0.3) is 0 Å². The lowest BCUT2D eigenvalue weighted by Crippen LogP contribution is -2.29. The maximum absolute atomic E-state index is 12.3. The Bertz CT molecular complexity index is 760. The number of carbonyl (C=O) groups excluding carboxylic acids is 3. The highest BCUT2D eigenvalue weighted by molar-refractivity contribution is 7.46. The van der Waals surface area contributed by atoms with Crippen LogP contribution in [0.4, 0.5) is 0 Å². The van der Waals surface area contributed by atoms with Crippen LogP contribution < -0.4 is 5.32 Å². The van der Waals surface area contributed by atoms with E-state index in [4.69, 9.17) is 19.3 Å². The standard InChI is InChI=1S/C33H64NO9P/c1-3-4-5-6-7-13-17-20-23-26-33(37)43-31(29-42-44(38,39)40)28-41-32(36)25-22-19-16-14-11-9-8-10-12-15-18-21-24-27-34-30(2)35/h31H,3-29H2,1-2H3,(H,34,35)(H2,38,39,40)/t31-/m1/s1. The van der Waals surface area contributed by atoms with Crippen molar-refractivity contribution in [1.29, 1.82) is 0 Å². The summed E-state index contributed by atoms with van der Waals surface area (Å²) in [6.07, 6.45) is 24.3. The minimum atomic E-state index is -4.75. The van der Waals surface area contributed by atoms with E-state index in [1.165, 1.54) is 83.5 Å². The van der Waals surface area contributed by atoms with Crippen LogP contribution in [0.25, 0.3) is 0 Å². The Morgan fingerprint density at radius 3 is 1.45 bits per heavy atom. The first kappa shape index (κ1) is 42.5. The third kappa shape index (κ3) is 33.4. The molecule has 0 rings (SSSR count). The van der Waals surface area contributed by atoms with Crippen molar-refractivity contribution < 1.29 is 42.7 Å². The Balaban J connectivity index is 3.88. The van der Waals surface area contributed by atoms with E-state index in [2.05, 4.69) is 16.8 Å². The summed E-state index contributed by atoms with van der Waals surface area (Å²) in [5.74, 6) is -0.864. The van der Waals surface area contributed by atoms with Gasteiger partial charge in [-0.3, -0.25) is 18.9 Å². The van der Waals surface area contributed by atoms with Crippen LogP contribution in [-0.2, 0) is 32.9 Å². The molecule has 0 fully saturated rings. The SMILES string of the molecule is CCCCCCCCCCCC(=O)O[C@H](COC(=O)CCCCCCCCCCCCCCCNC(C)=O)COP(=O)(O)O. The van der Waals surface area contributed by atoms with Crippen LogP contribution in [0.3, 0.4) is 0 Å². The lowest BCUT2D eigenvalue weighted by atomic mass is 10.0. The van der Waals surface area contributed by atoms with Gasteiger partial charge in [0.1, 0.15) is 6.61 Å². The molecule has 0 radical (unpaired) electrons. The second-order valence-corrected chi connectivity index (χ2v) is 13.2. The van der Waals surface area contributed by atoms with Crippen molar-refractivity contribution in [2.75, 3.05) is 19.8 Å². The van der Waals surface area contributed by atoms with Gasteiger partial charge in [0.15, 0.2) is 6.10 Å². The highest BCUT2D eigenvalue weighted by atomic mass is 31.2. The molecule has 3 N–H and O–H groups in total. The van der Waals surface area contributed by atoms with Gasteiger partial charge in [0, 0.05) is 26.3 Å². The zero-order valence-electron chi connectivity index (χ0n) is 27.9. The van der Waals surface area contributed by atoms with Gasteiger partial charge in [-0.25, -0.2) is 4.57 Å². The zero-order valence-corrected chi connectivity index (χ0v) is 28.8. The molecule has 0 spiro atoms. The second-order valence-electron chi connectivity index (χ2n) is 12.0. The maximum Gasteiger partial charge on any atom is 0.469 e. The summed E-state index contributed by atoms with van der Waals surface area (Å²) in [7, 11) is -4.75. The summed E-state index contributed by atoms with van der Waals surface area (Å²) in [5, 5.41) is 2.83. The number of carbonyl (C=O) groups is 3. The molecule has 0 aromatic carbocycles. The molecule has 0 aliphatic carbocycles. The third-order valence-electron chi connectivity index (χ3n) is 7.57. The number of phosphoric acid groups is 1. The van der Waals surface area contributed by atoms with E-state index in [1.807, 2.05) is 0 Å². The molecule has 44 heavy (non-hydrogen) atoms. The van der Waals surface area contributed by atoms with Gasteiger partial charge in [0.05, 0.1) is 6.61 Å². The molecule has 0 heterocycles. The van der Waals surface area contributed by atoms with Crippen LogP contribution in [0.2, 0.25) is 0 Å². The van der Waals surface area contributed by atoms with E-state index < -0.39 is 32.5 Å². The molecular formula is C33H64NO9P. The summed E-state index contributed by atoms with van der Waals surface area (Å²) in [6, 6.07) is 0. The number of hydrogen-bond acceptors (Lipinski definition) is 7. The van der Waals surface area contributed by atoms with Gasteiger partial charge < -0.3 is 24.6 Å². The Morgan fingerprint density at radius 1 is 0.614 bits per heavy atom. The Hall–Kier alpha value is -1.48. The molecule has 0 bridgehead atoms. The molecule has 11 heteroatoms. The van der Waals surface area contributed by atoms with Crippen LogP contribution >= 0.6 is 7.82 Å². The molecule has 1 atom stereocenters. The van der Waals surface area contributed by atoms with E-state index in [0.29, 0.717) is 12.8 Å². The van der Waals surface area contributed by atoms with Crippen molar-refractivity contribution in [3.05, 3.63) is 0 Å². The molecule has 0 aliphatic rings. The number of esters is 2. The van der Waals surface area contributed by atoms with Crippen LogP contribution in [0.15, 0.2) is 0 Å². The molecule has 0 aromatic rings. The van der Waals surface area contributed by atoms with Gasteiger partial charge in [-0.2, -0.15) is 0 Å². The fourth-order valence-electron chi connectivity index (χ4n) is 4.98. The number of hydrogen-bond donors (Lipinski definition) is 3. The van der Waals surface area contributed by atoms with Gasteiger partial charge in [-0.1, -0.05) is 129 Å². The molecule has 260 valence electrons. The lowest BCUT2D eigenvalue weighted by Gasteiger charge is -2.18. The fourth-order valence-corrected chi connectivity index (χ4v) is 5.34. The van der Waals surface area contributed by atoms with Crippen LogP contribution in [0.1, 0.15) is 168 Å². The van der Waals surface area contributed by atoms with Crippen molar-refractivity contribution in [2.24, 2.45) is 0 Å². The summed E-state index contributed by atoms with van der Waals surface area (Å²) >= 11 is 0. The van der Waals surface area contributed by atoms with Gasteiger partial charge >= 0.3 is 19.8 Å². The van der Waals surface area contributed by atoms with Crippen LogP contribution in [0, 0.1) is 0 Å². The molecule has 0 unspecified atom stereocenters. The van der Waals surface area contributed by atoms with E-state index in [-0.39, 0.29) is 25.4 Å². The van der Waals surface area contributed by atoms with Crippen LogP contribution in [0.5, 0.6) is 0 Å². The molecule has 0 saturated heterocycles. The number of unbranched alkanes of at least 4 members (excludes halogenated alkanes) is 20. The van der Waals surface area contributed by atoms with E-state index in [0.717, 1.165) is 51.5 Å². The lowest BCUT2D eigenvalue weighted by molar-refractivity contribution is -0.161. The predicted molar refractivity (Wildman–Crippen MR) is 174 cm³/mol. The number of rotatable bonds is 32. The van der Waals surface area contributed by atoms with Gasteiger partial charge in [-0.15, -0.1) is 0 Å². The summed E-state index contributed by atoms with van der Waals surface area (Å²) in [5.41, 5.74) is 0. The highest BCUT2D eigenvalue weighted by Gasteiger charge is 2.22. The molecule has 1 amide bonds. The van der Waals surface area contributed by atoms with E-state index in [1.54, 1.807) is 6.92 Å². The third-order valence-corrected chi connectivity index (χ3v) is 8.06. The minimum absolute atomic E-state index is 0.0440. The van der Waals surface area contributed by atoms with Gasteiger partial charge in [-0.05, 0) is 19.3 Å².